The second kappa shape index (κ2) is 5.70. The minimum absolute atomic E-state index is 0.0263. The van der Waals surface area contributed by atoms with Crippen LogP contribution >= 0.6 is 0 Å². The molecule has 0 aromatic heterocycles. The Kier molecular flexibility index (Phi) is 4.31. The molecule has 0 heterocycles. The van der Waals surface area contributed by atoms with Crippen LogP contribution < -0.4 is 10.6 Å². The lowest BCUT2D eigenvalue weighted by Crippen LogP contribution is -2.46. The lowest BCUT2D eigenvalue weighted by atomic mass is 9.63. The van der Waals surface area contributed by atoms with Crippen LogP contribution in [0.3, 0.4) is 0 Å². The summed E-state index contributed by atoms with van der Waals surface area (Å²) < 4.78 is 0. The van der Waals surface area contributed by atoms with Gasteiger partial charge >= 0.3 is 0 Å². The minimum atomic E-state index is 0.0263. The number of hydrogen-bond donors (Lipinski definition) is 2. The molecule has 1 aliphatic rings. The molecule has 0 bridgehead atoms. The Morgan fingerprint density at radius 2 is 1.67 bits per heavy atom. The zero-order valence-electron chi connectivity index (χ0n) is 13.9. The third kappa shape index (κ3) is 3.99. The number of carbonyl (C=O) groups excluding carboxylic acids is 1. The van der Waals surface area contributed by atoms with Gasteiger partial charge in [0.15, 0.2) is 0 Å². The van der Waals surface area contributed by atoms with Crippen molar-refractivity contribution in [2.24, 2.45) is 10.8 Å². The molecule has 1 saturated carbocycles. The summed E-state index contributed by atoms with van der Waals surface area (Å²) in [6.45, 7) is 9.20. The van der Waals surface area contributed by atoms with Gasteiger partial charge in [0.05, 0.1) is 5.56 Å². The van der Waals surface area contributed by atoms with Gasteiger partial charge in [0.1, 0.15) is 0 Å². The van der Waals surface area contributed by atoms with Gasteiger partial charge in [-0.25, -0.2) is 0 Å². The maximum Gasteiger partial charge on any atom is 0.253 e. The number of amides is 1. The molecule has 1 amide bonds. The summed E-state index contributed by atoms with van der Waals surface area (Å²) in [7, 11) is 1.85. The molecule has 0 radical (unpaired) electrons. The highest BCUT2D eigenvalue weighted by molar-refractivity contribution is 5.99. The predicted molar refractivity (Wildman–Crippen MR) is 88.7 cm³/mol. The number of para-hydroxylation sites is 1. The average Bonchev–Trinajstić information content (AvgIpc) is 2.34. The average molecular weight is 288 g/mol. The first kappa shape index (κ1) is 15.9. The van der Waals surface area contributed by atoms with E-state index in [1.165, 1.54) is 6.42 Å². The van der Waals surface area contributed by atoms with Crippen LogP contribution in [-0.4, -0.2) is 19.0 Å². The molecule has 3 heteroatoms. The lowest BCUT2D eigenvalue weighted by molar-refractivity contribution is 0.0714. The molecule has 3 nitrogen and oxygen atoms in total. The van der Waals surface area contributed by atoms with Crippen molar-refractivity contribution in [3.05, 3.63) is 29.8 Å². The molecule has 21 heavy (non-hydrogen) atoms. The molecule has 0 atom stereocenters. The van der Waals surface area contributed by atoms with Gasteiger partial charge in [-0.05, 0) is 42.2 Å². The van der Waals surface area contributed by atoms with Gasteiger partial charge in [-0.1, -0.05) is 39.8 Å². The summed E-state index contributed by atoms with van der Waals surface area (Å²) in [4.78, 5) is 12.6. The van der Waals surface area contributed by atoms with Gasteiger partial charge in [0, 0.05) is 18.8 Å². The number of benzene rings is 1. The molecule has 0 unspecified atom stereocenters. The monoisotopic (exact) mass is 288 g/mol. The van der Waals surface area contributed by atoms with Gasteiger partial charge in [0.25, 0.3) is 5.91 Å². The third-order valence-corrected chi connectivity index (χ3v) is 4.33. The van der Waals surface area contributed by atoms with Crippen molar-refractivity contribution in [1.29, 1.82) is 0 Å². The third-order valence-electron chi connectivity index (χ3n) is 4.33. The van der Waals surface area contributed by atoms with Crippen molar-refractivity contribution >= 4 is 11.6 Å². The molecule has 0 spiro atoms. The van der Waals surface area contributed by atoms with Crippen molar-refractivity contribution in [2.75, 3.05) is 12.4 Å². The standard InChI is InChI=1S/C18H28N2O/c1-17(2)10-13(11-18(3,4)12-17)20-16(21)14-8-6-7-9-15(14)19-5/h6-9,13,19H,10-12H2,1-5H3,(H,20,21). The topological polar surface area (TPSA) is 41.1 Å². The molecule has 0 aliphatic heterocycles. The number of carbonyl (C=O) groups is 1. The lowest BCUT2D eigenvalue weighted by Gasteiger charge is -2.45. The van der Waals surface area contributed by atoms with Crippen LogP contribution in [0, 0.1) is 10.8 Å². The molecule has 0 saturated heterocycles. The second-order valence-electron chi connectivity index (χ2n) is 7.88. The van der Waals surface area contributed by atoms with Crippen LogP contribution in [0.4, 0.5) is 5.69 Å². The van der Waals surface area contributed by atoms with Crippen molar-refractivity contribution in [2.45, 2.75) is 53.0 Å². The number of hydrogen-bond acceptors (Lipinski definition) is 2. The first-order chi connectivity index (χ1) is 9.72. The summed E-state index contributed by atoms with van der Waals surface area (Å²) in [5.41, 5.74) is 2.16. The van der Waals surface area contributed by atoms with E-state index in [1.54, 1.807) is 0 Å². The van der Waals surface area contributed by atoms with Crippen molar-refractivity contribution in [1.82, 2.24) is 5.32 Å². The summed E-state index contributed by atoms with van der Waals surface area (Å²) in [6.07, 6.45) is 3.30. The fourth-order valence-electron chi connectivity index (χ4n) is 4.11. The van der Waals surface area contributed by atoms with E-state index in [0.29, 0.717) is 0 Å². The maximum atomic E-state index is 12.6. The molecular formula is C18H28N2O. The van der Waals surface area contributed by atoms with Crippen LogP contribution in [0.2, 0.25) is 0 Å². The number of anilines is 1. The summed E-state index contributed by atoms with van der Waals surface area (Å²) in [5, 5.41) is 6.33. The first-order valence-electron chi connectivity index (χ1n) is 7.80. The zero-order valence-corrected chi connectivity index (χ0v) is 13.9. The number of nitrogens with one attached hydrogen (secondary N) is 2. The number of rotatable bonds is 3. The van der Waals surface area contributed by atoms with Gasteiger partial charge in [0.2, 0.25) is 0 Å². The first-order valence-corrected chi connectivity index (χ1v) is 7.80. The second-order valence-corrected chi connectivity index (χ2v) is 7.88. The Morgan fingerprint density at radius 3 is 2.24 bits per heavy atom. The fourth-order valence-corrected chi connectivity index (χ4v) is 4.11. The van der Waals surface area contributed by atoms with E-state index in [9.17, 15) is 4.79 Å². The van der Waals surface area contributed by atoms with Gasteiger partial charge in [-0.3, -0.25) is 4.79 Å². The normalized spacial score (nSPS) is 20.8. The Hall–Kier alpha value is -1.51. The molecule has 1 aliphatic carbocycles. The van der Waals surface area contributed by atoms with Crippen LogP contribution in [0.15, 0.2) is 24.3 Å². The van der Waals surface area contributed by atoms with Crippen molar-refractivity contribution in [3.8, 4) is 0 Å². The molecule has 2 N–H and O–H groups in total. The highest BCUT2D eigenvalue weighted by atomic mass is 16.1. The summed E-state index contributed by atoms with van der Waals surface area (Å²) in [5.74, 6) is 0.0263. The SMILES string of the molecule is CNc1ccccc1C(=O)NC1CC(C)(C)CC(C)(C)C1. The van der Waals surface area contributed by atoms with E-state index in [0.717, 1.165) is 24.1 Å². The van der Waals surface area contributed by atoms with Gasteiger partial charge in [-0.2, -0.15) is 0 Å². The Bertz CT molecular complexity index is 504. The van der Waals surface area contributed by atoms with E-state index in [-0.39, 0.29) is 22.8 Å². The molecule has 1 aromatic carbocycles. The molecule has 1 aromatic rings. The van der Waals surface area contributed by atoms with E-state index in [1.807, 2.05) is 31.3 Å². The summed E-state index contributed by atoms with van der Waals surface area (Å²) in [6, 6.07) is 7.91. The smallest absolute Gasteiger partial charge is 0.253 e. The van der Waals surface area contributed by atoms with E-state index >= 15 is 0 Å². The Balaban J connectivity index is 2.12. The van der Waals surface area contributed by atoms with Crippen molar-refractivity contribution < 1.29 is 4.79 Å². The molecular weight excluding hydrogens is 260 g/mol. The van der Waals surface area contributed by atoms with Crippen LogP contribution in [-0.2, 0) is 0 Å². The highest BCUT2D eigenvalue weighted by Crippen LogP contribution is 2.45. The Morgan fingerprint density at radius 1 is 1.10 bits per heavy atom. The Labute approximate surface area is 128 Å². The van der Waals surface area contributed by atoms with Gasteiger partial charge in [-0.15, -0.1) is 0 Å². The highest BCUT2D eigenvalue weighted by Gasteiger charge is 2.39. The van der Waals surface area contributed by atoms with E-state index in [2.05, 4.69) is 38.3 Å². The molecule has 2 rings (SSSR count). The quantitative estimate of drug-likeness (QED) is 0.880. The van der Waals surface area contributed by atoms with Crippen LogP contribution in [0.5, 0.6) is 0 Å². The van der Waals surface area contributed by atoms with Crippen LogP contribution in [0.25, 0.3) is 0 Å². The summed E-state index contributed by atoms with van der Waals surface area (Å²) >= 11 is 0. The van der Waals surface area contributed by atoms with E-state index < -0.39 is 0 Å². The maximum absolute atomic E-state index is 12.6. The largest absolute Gasteiger partial charge is 0.387 e. The van der Waals surface area contributed by atoms with Crippen LogP contribution in [0.1, 0.15) is 57.3 Å². The molecule has 1 fully saturated rings. The van der Waals surface area contributed by atoms with E-state index in [4.69, 9.17) is 0 Å². The molecule has 116 valence electrons. The zero-order chi connectivity index (χ0) is 15.7. The minimum Gasteiger partial charge on any atom is -0.387 e. The van der Waals surface area contributed by atoms with Gasteiger partial charge < -0.3 is 10.6 Å². The fraction of sp³-hybridized carbons (Fsp3) is 0.611. The van der Waals surface area contributed by atoms with Crippen molar-refractivity contribution in [3.63, 3.8) is 0 Å². The predicted octanol–water partition coefficient (Wildman–Crippen LogP) is 4.06.